The van der Waals surface area contributed by atoms with Crippen LogP contribution in [0.3, 0.4) is 0 Å². The lowest BCUT2D eigenvalue weighted by Gasteiger charge is -2.22. The van der Waals surface area contributed by atoms with Crippen LogP contribution in [0.15, 0.2) is 59.5 Å². The molecule has 1 aliphatic rings. The van der Waals surface area contributed by atoms with E-state index in [1.807, 2.05) is 36.4 Å². The summed E-state index contributed by atoms with van der Waals surface area (Å²) in [5.74, 6) is -0.365. The molecule has 1 amide bonds. The lowest BCUT2D eigenvalue weighted by atomic mass is 10.0. The van der Waals surface area contributed by atoms with Gasteiger partial charge in [0, 0.05) is 17.9 Å². The number of benzene rings is 2. The Morgan fingerprint density at radius 3 is 2.62 bits per heavy atom. The number of amides is 1. The van der Waals surface area contributed by atoms with Gasteiger partial charge < -0.3 is 0 Å². The van der Waals surface area contributed by atoms with Crippen molar-refractivity contribution in [3.05, 3.63) is 65.7 Å². The number of hydroxylamine groups is 1. The van der Waals surface area contributed by atoms with E-state index >= 15 is 0 Å². The molecule has 0 aliphatic carbocycles. The lowest BCUT2D eigenvalue weighted by molar-refractivity contribution is -0.130. The van der Waals surface area contributed by atoms with Crippen LogP contribution in [-0.4, -0.2) is 15.4 Å². The summed E-state index contributed by atoms with van der Waals surface area (Å²) in [6.45, 7) is 0.754. The smallest absolute Gasteiger partial charge is 0.245 e. The van der Waals surface area contributed by atoms with E-state index in [0.29, 0.717) is 0 Å². The van der Waals surface area contributed by atoms with E-state index in [1.165, 1.54) is 10.5 Å². The number of nitrogens with zero attached hydrogens (tertiary/aromatic N) is 1. The predicted octanol–water partition coefficient (Wildman–Crippen LogP) is 3.15. The van der Waals surface area contributed by atoms with E-state index in [1.54, 1.807) is 17.4 Å². The Labute approximate surface area is 127 Å². The topological polar surface area (TPSA) is 52.6 Å². The van der Waals surface area contributed by atoms with E-state index in [9.17, 15) is 4.79 Å². The third-order valence-electron chi connectivity index (χ3n) is 3.53. The maximum atomic E-state index is 11.6. The largest absolute Gasteiger partial charge is 0.289 e. The first-order valence-electron chi connectivity index (χ1n) is 6.78. The van der Waals surface area contributed by atoms with Crippen LogP contribution in [0.1, 0.15) is 23.6 Å². The molecule has 0 bridgehead atoms. The molecule has 21 heavy (non-hydrogen) atoms. The average Bonchev–Trinajstić information content (AvgIpc) is 2.86. The van der Waals surface area contributed by atoms with Crippen LogP contribution in [0.4, 0.5) is 0 Å². The Hall–Kier alpha value is -1.82. The van der Waals surface area contributed by atoms with Crippen LogP contribution in [0.2, 0.25) is 0 Å². The van der Waals surface area contributed by atoms with Gasteiger partial charge in [0.25, 0.3) is 0 Å². The third kappa shape index (κ3) is 3.10. The molecule has 2 N–H and O–H groups in total. The van der Waals surface area contributed by atoms with Crippen molar-refractivity contribution >= 4 is 17.9 Å². The highest BCUT2D eigenvalue weighted by Crippen LogP contribution is 2.46. The molecule has 1 aliphatic heterocycles. The first-order chi connectivity index (χ1) is 10.3. The quantitative estimate of drug-likeness (QED) is 0.517. The van der Waals surface area contributed by atoms with Gasteiger partial charge in [-0.15, -0.1) is 0 Å². The van der Waals surface area contributed by atoms with E-state index in [-0.39, 0.29) is 18.4 Å². The predicted molar refractivity (Wildman–Crippen MR) is 81.6 cm³/mol. The maximum Gasteiger partial charge on any atom is 0.245 e. The highest BCUT2D eigenvalue weighted by molar-refractivity contribution is 7.97. The van der Waals surface area contributed by atoms with Crippen molar-refractivity contribution in [3.63, 3.8) is 0 Å². The second-order valence-electron chi connectivity index (χ2n) is 4.94. The molecule has 0 spiro atoms. The van der Waals surface area contributed by atoms with Gasteiger partial charge in [0.15, 0.2) is 0 Å². The van der Waals surface area contributed by atoms with Crippen molar-refractivity contribution in [1.82, 2.24) is 9.79 Å². The second kappa shape index (κ2) is 6.30. The Morgan fingerprint density at radius 1 is 1.14 bits per heavy atom. The van der Waals surface area contributed by atoms with Crippen molar-refractivity contribution in [2.75, 3.05) is 0 Å². The SMILES string of the molecule is O=C(CC1c2ccccc2SN1Cc1ccccc1)NO. The zero-order valence-electron chi connectivity index (χ0n) is 11.4. The minimum atomic E-state index is -0.365. The van der Waals surface area contributed by atoms with Gasteiger partial charge in [-0.3, -0.25) is 10.0 Å². The average molecular weight is 300 g/mol. The standard InChI is InChI=1S/C16H16N2O2S/c19-16(17-20)10-14-13-8-4-5-9-15(13)21-18(14)11-12-6-2-1-3-7-12/h1-9,14,20H,10-11H2,(H,17,19). The minimum absolute atomic E-state index is 0.0291. The summed E-state index contributed by atoms with van der Waals surface area (Å²) in [6.07, 6.45) is 0.243. The fraction of sp³-hybridized carbons (Fsp3) is 0.188. The molecular formula is C16H16N2O2S. The number of hydrogen-bond donors (Lipinski definition) is 2. The van der Waals surface area contributed by atoms with Crippen LogP contribution in [-0.2, 0) is 11.3 Å². The first-order valence-corrected chi connectivity index (χ1v) is 7.55. The van der Waals surface area contributed by atoms with Crippen LogP contribution >= 0.6 is 11.9 Å². The molecule has 108 valence electrons. The van der Waals surface area contributed by atoms with Crippen LogP contribution in [0.5, 0.6) is 0 Å². The molecule has 1 heterocycles. The molecule has 4 nitrogen and oxygen atoms in total. The van der Waals surface area contributed by atoms with E-state index < -0.39 is 0 Å². The molecule has 0 fully saturated rings. The van der Waals surface area contributed by atoms with Gasteiger partial charge in [0.05, 0.1) is 6.04 Å². The van der Waals surface area contributed by atoms with Gasteiger partial charge >= 0.3 is 0 Å². The number of rotatable bonds is 4. The van der Waals surface area contributed by atoms with Gasteiger partial charge in [-0.25, -0.2) is 9.79 Å². The molecule has 0 saturated heterocycles. The molecule has 1 unspecified atom stereocenters. The van der Waals surface area contributed by atoms with Gasteiger partial charge in [0.1, 0.15) is 0 Å². The Kier molecular flexibility index (Phi) is 4.24. The van der Waals surface area contributed by atoms with Gasteiger partial charge in [0.2, 0.25) is 5.91 Å². The van der Waals surface area contributed by atoms with Gasteiger partial charge in [-0.1, -0.05) is 48.5 Å². The van der Waals surface area contributed by atoms with Crippen molar-refractivity contribution in [3.8, 4) is 0 Å². The second-order valence-corrected chi connectivity index (χ2v) is 6.04. The van der Waals surface area contributed by atoms with Crippen LogP contribution in [0, 0.1) is 0 Å². The van der Waals surface area contributed by atoms with Crippen LogP contribution in [0.25, 0.3) is 0 Å². The highest BCUT2D eigenvalue weighted by Gasteiger charge is 2.32. The molecule has 0 radical (unpaired) electrons. The van der Waals surface area contributed by atoms with E-state index in [0.717, 1.165) is 12.1 Å². The molecule has 3 rings (SSSR count). The molecule has 0 saturated carbocycles. The zero-order chi connectivity index (χ0) is 14.7. The van der Waals surface area contributed by atoms with E-state index in [4.69, 9.17) is 5.21 Å². The molecule has 0 aromatic heterocycles. The Morgan fingerprint density at radius 2 is 1.86 bits per heavy atom. The monoisotopic (exact) mass is 300 g/mol. The fourth-order valence-corrected chi connectivity index (χ4v) is 3.75. The van der Waals surface area contributed by atoms with Crippen molar-refractivity contribution in [2.24, 2.45) is 0 Å². The van der Waals surface area contributed by atoms with Crippen molar-refractivity contribution in [2.45, 2.75) is 23.9 Å². The van der Waals surface area contributed by atoms with Gasteiger partial charge in [-0.05, 0) is 29.1 Å². The highest BCUT2D eigenvalue weighted by atomic mass is 32.2. The molecule has 2 aromatic carbocycles. The van der Waals surface area contributed by atoms with Crippen LogP contribution < -0.4 is 5.48 Å². The Bertz CT molecular complexity index is 633. The van der Waals surface area contributed by atoms with Gasteiger partial charge in [-0.2, -0.15) is 0 Å². The summed E-state index contributed by atoms with van der Waals surface area (Å²) < 4.78 is 2.19. The number of carbonyl (C=O) groups excluding carboxylic acids is 1. The maximum absolute atomic E-state index is 11.6. The summed E-state index contributed by atoms with van der Waals surface area (Å²) >= 11 is 1.66. The summed E-state index contributed by atoms with van der Waals surface area (Å²) in [5.41, 5.74) is 4.07. The molecular weight excluding hydrogens is 284 g/mol. The van der Waals surface area contributed by atoms with E-state index in [2.05, 4.69) is 22.5 Å². The fourth-order valence-electron chi connectivity index (χ4n) is 2.52. The summed E-state index contributed by atoms with van der Waals surface area (Å²) in [4.78, 5) is 12.7. The molecule has 1 atom stereocenters. The third-order valence-corrected chi connectivity index (χ3v) is 4.71. The first kappa shape index (κ1) is 14.1. The summed E-state index contributed by atoms with van der Waals surface area (Å²) in [7, 11) is 0. The molecule has 5 heteroatoms. The lowest BCUT2D eigenvalue weighted by Crippen LogP contribution is -2.26. The summed E-state index contributed by atoms with van der Waals surface area (Å²) in [5, 5.41) is 8.79. The van der Waals surface area contributed by atoms with Crippen molar-refractivity contribution < 1.29 is 10.0 Å². The number of fused-ring (bicyclic) bond motifs is 1. The minimum Gasteiger partial charge on any atom is -0.289 e. The number of hydrogen-bond acceptors (Lipinski definition) is 4. The molecule has 2 aromatic rings. The summed E-state index contributed by atoms with van der Waals surface area (Å²) in [6, 6.07) is 18.2. The number of carbonyl (C=O) groups is 1. The van der Waals surface area contributed by atoms with Crippen molar-refractivity contribution in [1.29, 1.82) is 0 Å². The zero-order valence-corrected chi connectivity index (χ0v) is 12.2. The number of nitrogens with one attached hydrogen (secondary N) is 1. The normalized spacial score (nSPS) is 17.5. The Balaban J connectivity index is 1.84.